The van der Waals surface area contributed by atoms with Crippen LogP contribution in [0, 0.1) is 58.2 Å². The first-order chi connectivity index (χ1) is 18.5. The molecule has 204 valence electrons. The van der Waals surface area contributed by atoms with Crippen LogP contribution in [0.4, 0.5) is 5.82 Å². The summed E-state index contributed by atoms with van der Waals surface area (Å²) in [6, 6.07) is 6.61. The molecule has 0 amide bonds. The maximum atomic E-state index is 9.07. The number of nitrogens with one attached hydrogen (secondary N) is 1. The van der Waals surface area contributed by atoms with E-state index in [0.717, 1.165) is 60.2 Å². The van der Waals surface area contributed by atoms with Crippen molar-refractivity contribution in [3.63, 3.8) is 0 Å². The topological polar surface area (TPSA) is 75.8 Å². The van der Waals surface area contributed by atoms with Crippen molar-refractivity contribution in [2.24, 2.45) is 46.8 Å². The Morgan fingerprint density at radius 2 is 1.97 bits per heavy atom. The zero-order valence-electron chi connectivity index (χ0n) is 23.5. The number of nitriles is 1. The van der Waals surface area contributed by atoms with E-state index in [1.807, 2.05) is 18.3 Å². The minimum absolute atomic E-state index is 0.403. The van der Waals surface area contributed by atoms with Crippen molar-refractivity contribution in [3.8, 4) is 11.8 Å². The molecule has 2 aromatic rings. The molecule has 9 atom stereocenters. The predicted octanol–water partition coefficient (Wildman–Crippen LogP) is 6.86. The lowest BCUT2D eigenvalue weighted by atomic mass is 9.49. The summed E-state index contributed by atoms with van der Waals surface area (Å²) in [4.78, 5) is 4.70. The van der Waals surface area contributed by atoms with Crippen molar-refractivity contribution >= 4 is 5.82 Å². The van der Waals surface area contributed by atoms with Crippen LogP contribution >= 0.6 is 0 Å². The number of rotatable bonds is 7. The van der Waals surface area contributed by atoms with Crippen molar-refractivity contribution in [3.05, 3.63) is 36.3 Å². The van der Waals surface area contributed by atoms with Gasteiger partial charge in [0.2, 0.25) is 0 Å². The molecule has 4 fully saturated rings. The van der Waals surface area contributed by atoms with Gasteiger partial charge in [-0.25, -0.2) is 9.67 Å². The third kappa shape index (κ3) is 4.66. The molecule has 1 N–H and O–H groups in total. The maximum Gasteiger partial charge on any atom is 0.126 e. The molecule has 4 aliphatic carbocycles. The fourth-order valence-electron chi connectivity index (χ4n) is 9.71. The Labute approximate surface area is 228 Å². The highest BCUT2D eigenvalue weighted by molar-refractivity contribution is 5.42. The van der Waals surface area contributed by atoms with Crippen LogP contribution in [0.15, 0.2) is 30.7 Å². The first kappa shape index (κ1) is 25.9. The average molecular weight is 516 g/mol. The van der Waals surface area contributed by atoms with Crippen molar-refractivity contribution in [1.82, 2.24) is 14.8 Å². The van der Waals surface area contributed by atoms with Crippen LogP contribution < -0.4 is 5.32 Å². The monoisotopic (exact) mass is 515 g/mol. The van der Waals surface area contributed by atoms with Crippen molar-refractivity contribution in [2.75, 3.05) is 18.5 Å². The highest BCUT2D eigenvalue weighted by atomic mass is 16.5. The smallest absolute Gasteiger partial charge is 0.126 e. The highest BCUT2D eigenvalue weighted by Crippen LogP contribution is 2.65. The lowest BCUT2D eigenvalue weighted by Gasteiger charge is -2.56. The van der Waals surface area contributed by atoms with Gasteiger partial charge in [0.25, 0.3) is 0 Å². The number of anilines is 1. The van der Waals surface area contributed by atoms with Gasteiger partial charge in [-0.05, 0) is 131 Å². The second-order valence-corrected chi connectivity index (χ2v) is 13.1. The minimum atomic E-state index is 0.403. The Hall–Kier alpha value is -2.39. The maximum absolute atomic E-state index is 9.07. The molecule has 0 spiro atoms. The second kappa shape index (κ2) is 10.6. The number of fused-ring (bicyclic) bond motifs is 5. The normalized spacial score (nSPS) is 36.9. The van der Waals surface area contributed by atoms with Crippen LogP contribution in [-0.2, 0) is 4.74 Å². The first-order valence-electron chi connectivity index (χ1n) is 15.3. The highest BCUT2D eigenvalue weighted by Gasteiger charge is 2.57. The molecule has 6 heteroatoms. The molecule has 0 radical (unpaired) electrons. The first-order valence-corrected chi connectivity index (χ1v) is 15.3. The lowest BCUT2D eigenvalue weighted by molar-refractivity contribution is -0.0738. The fourth-order valence-corrected chi connectivity index (χ4v) is 9.71. The van der Waals surface area contributed by atoms with Gasteiger partial charge in [-0.2, -0.15) is 10.4 Å². The van der Waals surface area contributed by atoms with Gasteiger partial charge in [-0.3, -0.25) is 0 Å². The number of hydrogen-bond donors (Lipinski definition) is 1. The van der Waals surface area contributed by atoms with Gasteiger partial charge in [0, 0.05) is 25.5 Å². The van der Waals surface area contributed by atoms with Crippen LogP contribution in [-0.4, -0.2) is 34.0 Å². The summed E-state index contributed by atoms with van der Waals surface area (Å²) in [5.41, 5.74) is 1.87. The van der Waals surface area contributed by atoms with E-state index in [-0.39, 0.29) is 0 Å². The van der Waals surface area contributed by atoms with Crippen LogP contribution in [0.1, 0.15) is 84.1 Å². The molecule has 0 aliphatic heterocycles. The van der Waals surface area contributed by atoms with E-state index < -0.39 is 0 Å². The molecule has 3 unspecified atom stereocenters. The molecule has 38 heavy (non-hydrogen) atoms. The molecule has 2 heterocycles. The van der Waals surface area contributed by atoms with Gasteiger partial charge >= 0.3 is 0 Å². The van der Waals surface area contributed by atoms with E-state index in [1.54, 1.807) is 17.1 Å². The Morgan fingerprint density at radius 1 is 1.11 bits per heavy atom. The molecule has 6 rings (SSSR count). The number of aromatic nitrogens is 3. The molecule has 0 bridgehead atoms. The summed E-state index contributed by atoms with van der Waals surface area (Å²) in [6.07, 6.45) is 17.9. The van der Waals surface area contributed by atoms with Gasteiger partial charge in [0.15, 0.2) is 0 Å². The average Bonchev–Trinajstić information content (AvgIpc) is 3.56. The summed E-state index contributed by atoms with van der Waals surface area (Å²) in [7, 11) is 0. The number of ether oxygens (including phenoxy) is 1. The molecule has 0 saturated heterocycles. The molecule has 6 nitrogen and oxygen atoms in total. The molecular formula is C32H45N5O. The molecule has 4 saturated carbocycles. The Morgan fingerprint density at radius 3 is 2.74 bits per heavy atom. The largest absolute Gasteiger partial charge is 0.381 e. The summed E-state index contributed by atoms with van der Waals surface area (Å²) >= 11 is 0. The number of hydrogen-bond acceptors (Lipinski definition) is 5. The summed E-state index contributed by atoms with van der Waals surface area (Å²) in [5.74, 6) is 7.18. The SMILES string of the molecule is CCOC[C@H]1CC[C@@H]2C3CC[C@@]4(C)C(CCC4[C@@H](C)Nc4ccc(-n5cc(C#N)cn5)cn4)[C@@H]3CC[C@@H]2C1. The minimum Gasteiger partial charge on any atom is -0.381 e. The van der Waals surface area contributed by atoms with E-state index in [4.69, 9.17) is 15.0 Å². The van der Waals surface area contributed by atoms with Crippen LogP contribution in [0.3, 0.4) is 0 Å². The standard InChI is InChI=1S/C32H45N5O/c1-4-38-20-22-5-8-26-24(15-22)6-9-28-27(26)13-14-32(3)29(10-11-30(28)32)21(2)36-31-12-7-25(18-34-31)37-19-23(16-33)17-35-37/h7,12,17-19,21-22,24,26-30H,4-6,8-11,13-15,20H2,1-3H3,(H,34,36)/t21-,22+,24-,26+,27?,28-,29?,30?,32-/m1/s1. The predicted molar refractivity (Wildman–Crippen MR) is 150 cm³/mol. The quantitative estimate of drug-likeness (QED) is 0.436. The van der Waals surface area contributed by atoms with Crippen LogP contribution in [0.5, 0.6) is 0 Å². The van der Waals surface area contributed by atoms with Gasteiger partial charge in [0.1, 0.15) is 11.9 Å². The second-order valence-electron chi connectivity index (χ2n) is 13.1. The van der Waals surface area contributed by atoms with Crippen LogP contribution in [0.25, 0.3) is 5.69 Å². The van der Waals surface area contributed by atoms with E-state index in [9.17, 15) is 0 Å². The zero-order valence-corrected chi connectivity index (χ0v) is 23.5. The lowest BCUT2D eigenvalue weighted by Crippen LogP contribution is -2.50. The van der Waals surface area contributed by atoms with Crippen LogP contribution in [0.2, 0.25) is 0 Å². The number of pyridine rings is 1. The zero-order chi connectivity index (χ0) is 26.3. The molecular weight excluding hydrogens is 470 g/mol. The summed E-state index contributed by atoms with van der Waals surface area (Å²) in [6.45, 7) is 8.99. The van der Waals surface area contributed by atoms with Gasteiger partial charge in [0.05, 0.1) is 23.6 Å². The van der Waals surface area contributed by atoms with E-state index in [0.29, 0.717) is 22.9 Å². The van der Waals surface area contributed by atoms with Gasteiger partial charge in [-0.15, -0.1) is 0 Å². The summed E-state index contributed by atoms with van der Waals surface area (Å²) in [5, 5.41) is 17.1. The van der Waals surface area contributed by atoms with Crippen molar-refractivity contribution in [1.29, 1.82) is 5.26 Å². The Bertz CT molecular complexity index is 1140. The summed E-state index contributed by atoms with van der Waals surface area (Å²) < 4.78 is 7.52. The molecule has 0 aromatic carbocycles. The third-order valence-electron chi connectivity index (χ3n) is 11.4. The van der Waals surface area contributed by atoms with E-state index in [1.165, 1.54) is 57.8 Å². The third-order valence-corrected chi connectivity index (χ3v) is 11.4. The van der Waals surface area contributed by atoms with E-state index in [2.05, 4.69) is 37.3 Å². The van der Waals surface area contributed by atoms with Crippen molar-refractivity contribution < 1.29 is 4.74 Å². The molecule has 2 aromatic heterocycles. The Kier molecular flexibility index (Phi) is 7.24. The van der Waals surface area contributed by atoms with E-state index >= 15 is 0 Å². The molecule has 4 aliphatic rings. The van der Waals surface area contributed by atoms with Gasteiger partial charge in [-0.1, -0.05) is 6.92 Å². The fraction of sp³-hybridized carbons (Fsp3) is 0.719. The van der Waals surface area contributed by atoms with Crippen molar-refractivity contribution in [2.45, 2.75) is 84.6 Å². The van der Waals surface area contributed by atoms with Gasteiger partial charge < -0.3 is 10.1 Å². The number of nitrogens with zero attached hydrogens (tertiary/aromatic N) is 4. The Balaban J connectivity index is 1.09.